The van der Waals surface area contributed by atoms with Crippen molar-refractivity contribution in [2.75, 3.05) is 12.3 Å². The normalized spacial score (nSPS) is 12.4. The summed E-state index contributed by atoms with van der Waals surface area (Å²) in [5.41, 5.74) is 6.92. The van der Waals surface area contributed by atoms with Crippen LogP contribution in [0, 0.1) is 5.92 Å². The van der Waals surface area contributed by atoms with Gasteiger partial charge in [0, 0.05) is 17.6 Å². The van der Waals surface area contributed by atoms with E-state index in [1.165, 1.54) is 25.7 Å². The zero-order valence-corrected chi connectivity index (χ0v) is 17.7. The number of aromatic nitrogens is 1. The molecule has 156 valence electrons. The third-order valence-electron chi connectivity index (χ3n) is 5.25. The molecule has 1 heterocycles. The minimum Gasteiger partial charge on any atom is -0.504 e. The first-order valence-corrected chi connectivity index (χ1v) is 10.8. The van der Waals surface area contributed by atoms with Crippen LogP contribution in [-0.2, 0) is 6.54 Å². The number of unbranched alkanes of at least 4 members (excludes halogenated alkanes) is 5. The number of ether oxygens (including phenoxy) is 1. The quantitative estimate of drug-likeness (QED) is 0.373. The average Bonchev–Trinajstić information content (AvgIpc) is 2.66. The molecule has 0 aliphatic rings. The Balaban J connectivity index is 2.28. The number of fused-ring (bicyclic) bond motifs is 1. The maximum atomic E-state index is 13.1. The van der Waals surface area contributed by atoms with E-state index in [0.717, 1.165) is 25.7 Å². The second kappa shape index (κ2) is 11.0. The van der Waals surface area contributed by atoms with Gasteiger partial charge in [0.05, 0.1) is 12.1 Å². The number of benzene rings is 1. The Hall–Kier alpha value is -2.17. The summed E-state index contributed by atoms with van der Waals surface area (Å²) in [6, 6.07) is 5.27. The number of anilines is 1. The number of nitrogens with zero attached hydrogens (tertiary/aromatic N) is 1. The van der Waals surface area contributed by atoms with Crippen LogP contribution in [0.1, 0.15) is 72.1 Å². The molecule has 28 heavy (non-hydrogen) atoms. The minimum absolute atomic E-state index is 0.0613. The van der Waals surface area contributed by atoms with Crippen molar-refractivity contribution < 1.29 is 9.84 Å². The van der Waals surface area contributed by atoms with Gasteiger partial charge >= 0.3 is 0 Å². The number of rotatable bonds is 12. The highest BCUT2D eigenvalue weighted by atomic mass is 16.5. The Bertz CT molecular complexity index is 814. The zero-order valence-electron chi connectivity index (χ0n) is 17.7. The van der Waals surface area contributed by atoms with Crippen LogP contribution in [0.3, 0.4) is 0 Å². The lowest BCUT2D eigenvalue weighted by atomic mass is 10.1. The van der Waals surface area contributed by atoms with Crippen LogP contribution in [0.15, 0.2) is 23.0 Å². The van der Waals surface area contributed by atoms with Crippen molar-refractivity contribution in [3.05, 3.63) is 28.6 Å². The molecule has 2 rings (SSSR count). The molecule has 5 nitrogen and oxygen atoms in total. The van der Waals surface area contributed by atoms with Gasteiger partial charge in [-0.2, -0.15) is 0 Å². The number of hydrogen-bond acceptors (Lipinski definition) is 4. The second-order valence-electron chi connectivity index (χ2n) is 7.88. The molecule has 0 bridgehead atoms. The Morgan fingerprint density at radius 1 is 1.11 bits per heavy atom. The van der Waals surface area contributed by atoms with Crippen molar-refractivity contribution in [2.24, 2.45) is 5.92 Å². The van der Waals surface area contributed by atoms with Crippen LogP contribution in [-0.4, -0.2) is 16.3 Å². The number of pyridine rings is 1. The summed E-state index contributed by atoms with van der Waals surface area (Å²) in [5.74, 6) is 0.312. The van der Waals surface area contributed by atoms with Gasteiger partial charge in [-0.25, -0.2) is 0 Å². The van der Waals surface area contributed by atoms with E-state index >= 15 is 0 Å². The van der Waals surface area contributed by atoms with Gasteiger partial charge in [0.1, 0.15) is 0 Å². The molecule has 0 aliphatic carbocycles. The monoisotopic (exact) mass is 388 g/mol. The molecule has 0 fully saturated rings. The summed E-state index contributed by atoms with van der Waals surface area (Å²) in [4.78, 5) is 13.1. The zero-order chi connectivity index (χ0) is 20.5. The van der Waals surface area contributed by atoms with Crippen LogP contribution in [0.4, 0.5) is 5.69 Å². The lowest BCUT2D eigenvalue weighted by molar-refractivity contribution is 0.238. The van der Waals surface area contributed by atoms with Gasteiger partial charge in [-0.3, -0.25) is 4.79 Å². The molecule has 2 aromatic rings. The number of aromatic hydroxyl groups is 1. The molecule has 0 radical (unpaired) electrons. The third-order valence-corrected chi connectivity index (χ3v) is 5.25. The lowest BCUT2D eigenvalue weighted by Crippen LogP contribution is -2.24. The van der Waals surface area contributed by atoms with Gasteiger partial charge in [0.2, 0.25) is 5.75 Å². The largest absolute Gasteiger partial charge is 0.504 e. The maximum absolute atomic E-state index is 13.1. The van der Waals surface area contributed by atoms with Crippen LogP contribution >= 0.6 is 0 Å². The van der Waals surface area contributed by atoms with Gasteiger partial charge in [0.15, 0.2) is 5.75 Å². The van der Waals surface area contributed by atoms with Crippen molar-refractivity contribution in [1.29, 1.82) is 0 Å². The topological polar surface area (TPSA) is 77.5 Å². The summed E-state index contributed by atoms with van der Waals surface area (Å²) >= 11 is 0. The highest BCUT2D eigenvalue weighted by Gasteiger charge is 2.18. The average molecular weight is 389 g/mol. The minimum atomic E-state index is -0.271. The molecule has 0 saturated heterocycles. The molecule has 1 unspecified atom stereocenters. The molecule has 0 spiro atoms. The van der Waals surface area contributed by atoms with E-state index in [2.05, 4.69) is 20.8 Å². The van der Waals surface area contributed by atoms with Crippen LogP contribution in [0.5, 0.6) is 11.5 Å². The molecule has 3 N–H and O–H groups in total. The van der Waals surface area contributed by atoms with Crippen molar-refractivity contribution >= 4 is 16.6 Å². The highest BCUT2D eigenvalue weighted by molar-refractivity contribution is 5.89. The van der Waals surface area contributed by atoms with E-state index in [1.807, 2.05) is 0 Å². The van der Waals surface area contributed by atoms with Crippen molar-refractivity contribution in [2.45, 2.75) is 78.7 Å². The molecule has 1 aromatic heterocycles. The van der Waals surface area contributed by atoms with E-state index in [9.17, 15) is 9.90 Å². The summed E-state index contributed by atoms with van der Waals surface area (Å²) in [6.07, 6.45) is 8.99. The number of hydrogen-bond donors (Lipinski definition) is 2. The van der Waals surface area contributed by atoms with E-state index < -0.39 is 0 Å². The van der Waals surface area contributed by atoms with Crippen molar-refractivity contribution in [3.63, 3.8) is 0 Å². The Kier molecular flexibility index (Phi) is 8.68. The van der Waals surface area contributed by atoms with Gasteiger partial charge < -0.3 is 20.1 Å². The molecule has 1 atom stereocenters. The van der Waals surface area contributed by atoms with Gasteiger partial charge in [-0.05, 0) is 37.0 Å². The van der Waals surface area contributed by atoms with E-state index in [4.69, 9.17) is 10.5 Å². The Labute approximate surface area is 168 Å². The maximum Gasteiger partial charge on any atom is 0.297 e. The van der Waals surface area contributed by atoms with E-state index in [1.54, 1.807) is 22.8 Å². The lowest BCUT2D eigenvalue weighted by Gasteiger charge is -2.17. The summed E-state index contributed by atoms with van der Waals surface area (Å²) in [6.45, 7) is 7.45. The second-order valence-corrected chi connectivity index (χ2v) is 7.88. The van der Waals surface area contributed by atoms with Gasteiger partial charge in [-0.1, -0.05) is 59.3 Å². The summed E-state index contributed by atoms with van der Waals surface area (Å²) in [7, 11) is 0. The fourth-order valence-electron chi connectivity index (χ4n) is 3.63. The number of nitrogen functional groups attached to an aromatic ring is 1. The highest BCUT2D eigenvalue weighted by Crippen LogP contribution is 2.33. The molecular weight excluding hydrogens is 352 g/mol. The molecule has 5 heteroatoms. The number of nitrogens with two attached hydrogens (primary N) is 1. The smallest absolute Gasteiger partial charge is 0.297 e. The van der Waals surface area contributed by atoms with E-state index in [-0.39, 0.29) is 17.1 Å². The van der Waals surface area contributed by atoms with Gasteiger partial charge in [-0.15, -0.1) is 0 Å². The SMILES string of the molecule is CCCCCCCCn1c(=O)c(OCC(C)CCC)c(O)c2ccc(N)cc21. The fraction of sp³-hybridized carbons (Fsp3) is 0.609. The van der Waals surface area contributed by atoms with Crippen LogP contribution in [0.25, 0.3) is 10.9 Å². The first-order valence-electron chi connectivity index (χ1n) is 10.8. The molecule has 0 saturated carbocycles. The first kappa shape index (κ1) is 22.1. The summed E-state index contributed by atoms with van der Waals surface area (Å²) < 4.78 is 7.52. The van der Waals surface area contributed by atoms with Crippen LogP contribution in [0.2, 0.25) is 0 Å². The van der Waals surface area contributed by atoms with Crippen molar-refractivity contribution in [1.82, 2.24) is 4.57 Å². The van der Waals surface area contributed by atoms with Crippen molar-refractivity contribution in [3.8, 4) is 11.5 Å². The third kappa shape index (κ3) is 5.66. The molecule has 0 aliphatic heterocycles. The predicted molar refractivity (Wildman–Crippen MR) is 117 cm³/mol. The predicted octanol–water partition coefficient (Wildman–Crippen LogP) is 5.46. The first-order chi connectivity index (χ1) is 13.5. The summed E-state index contributed by atoms with van der Waals surface area (Å²) in [5, 5.41) is 11.3. The Morgan fingerprint density at radius 3 is 2.54 bits per heavy atom. The number of aryl methyl sites for hydroxylation is 1. The standard InChI is InChI=1S/C23H36N2O3/c1-4-6-7-8-9-10-14-25-20-15-18(24)12-13-19(20)21(26)22(23(25)27)28-16-17(3)11-5-2/h12-13,15,17,26H,4-11,14,16,24H2,1-3H3. The molecule has 1 aromatic carbocycles. The van der Waals surface area contributed by atoms with Gasteiger partial charge in [0.25, 0.3) is 5.56 Å². The molecule has 0 amide bonds. The Morgan fingerprint density at radius 2 is 1.82 bits per heavy atom. The molecular formula is C23H36N2O3. The van der Waals surface area contributed by atoms with Crippen LogP contribution < -0.4 is 16.0 Å². The van der Waals surface area contributed by atoms with E-state index in [0.29, 0.717) is 35.7 Å². The fourth-order valence-corrected chi connectivity index (χ4v) is 3.63.